The van der Waals surface area contributed by atoms with E-state index in [0.717, 1.165) is 23.8 Å². The standard InChI is InChI=1S/C13H15NO2/c14-8-13(15,10-5-6-10)12-7-9-3-1-2-4-11(9)16-12/h1-4,7,10,15H,5-6,8,14H2. The van der Waals surface area contributed by atoms with Crippen LogP contribution in [0.5, 0.6) is 0 Å². The van der Waals surface area contributed by atoms with Gasteiger partial charge < -0.3 is 15.3 Å². The summed E-state index contributed by atoms with van der Waals surface area (Å²) in [5, 5.41) is 11.5. The van der Waals surface area contributed by atoms with Crippen molar-refractivity contribution in [1.82, 2.24) is 0 Å². The summed E-state index contributed by atoms with van der Waals surface area (Å²) in [6.45, 7) is 0.220. The minimum Gasteiger partial charge on any atom is -0.458 e. The van der Waals surface area contributed by atoms with E-state index in [2.05, 4.69) is 0 Å². The maximum absolute atomic E-state index is 10.5. The zero-order chi connectivity index (χ0) is 11.2. The quantitative estimate of drug-likeness (QED) is 0.826. The lowest BCUT2D eigenvalue weighted by Crippen LogP contribution is -2.36. The molecule has 1 atom stereocenters. The normalized spacial score (nSPS) is 19.9. The molecule has 0 spiro atoms. The zero-order valence-corrected chi connectivity index (χ0v) is 9.02. The van der Waals surface area contributed by atoms with Crippen molar-refractivity contribution in [2.45, 2.75) is 18.4 Å². The predicted octanol–water partition coefficient (Wildman–Crippen LogP) is 1.99. The fraction of sp³-hybridized carbons (Fsp3) is 0.385. The van der Waals surface area contributed by atoms with Gasteiger partial charge in [0.25, 0.3) is 0 Å². The Morgan fingerprint density at radius 2 is 2.12 bits per heavy atom. The Kier molecular flexibility index (Phi) is 2.06. The summed E-state index contributed by atoms with van der Waals surface area (Å²) in [7, 11) is 0. The van der Waals surface area contributed by atoms with Crippen LogP contribution in [0.2, 0.25) is 0 Å². The van der Waals surface area contributed by atoms with Gasteiger partial charge in [-0.1, -0.05) is 18.2 Å². The summed E-state index contributed by atoms with van der Waals surface area (Å²) in [4.78, 5) is 0. The van der Waals surface area contributed by atoms with Gasteiger partial charge in [-0.2, -0.15) is 0 Å². The Morgan fingerprint density at radius 3 is 2.75 bits per heavy atom. The summed E-state index contributed by atoms with van der Waals surface area (Å²) in [6, 6.07) is 9.67. The summed E-state index contributed by atoms with van der Waals surface area (Å²) in [6.07, 6.45) is 2.06. The lowest BCUT2D eigenvalue weighted by atomic mass is 9.95. The van der Waals surface area contributed by atoms with E-state index in [0.29, 0.717) is 5.76 Å². The van der Waals surface area contributed by atoms with Crippen LogP contribution in [0.25, 0.3) is 11.0 Å². The maximum Gasteiger partial charge on any atom is 0.138 e. The second kappa shape index (κ2) is 3.34. The van der Waals surface area contributed by atoms with Gasteiger partial charge in [-0.05, 0) is 30.9 Å². The monoisotopic (exact) mass is 217 g/mol. The first-order valence-corrected chi connectivity index (χ1v) is 5.65. The number of fused-ring (bicyclic) bond motifs is 1. The van der Waals surface area contributed by atoms with Crippen LogP contribution in [0.4, 0.5) is 0 Å². The number of furan rings is 1. The molecule has 1 aromatic carbocycles. The van der Waals surface area contributed by atoms with Crippen molar-refractivity contribution in [1.29, 1.82) is 0 Å². The Labute approximate surface area is 93.9 Å². The highest BCUT2D eigenvalue weighted by atomic mass is 16.4. The van der Waals surface area contributed by atoms with E-state index in [-0.39, 0.29) is 12.5 Å². The number of hydrogen-bond acceptors (Lipinski definition) is 3. The second-order valence-electron chi connectivity index (χ2n) is 4.55. The first-order valence-electron chi connectivity index (χ1n) is 5.65. The van der Waals surface area contributed by atoms with Crippen LogP contribution < -0.4 is 5.73 Å². The number of para-hydroxylation sites is 1. The third kappa shape index (κ3) is 1.36. The number of hydrogen-bond donors (Lipinski definition) is 2. The molecule has 0 radical (unpaired) electrons. The Morgan fingerprint density at radius 1 is 1.38 bits per heavy atom. The molecule has 1 fully saturated rings. The minimum absolute atomic E-state index is 0.220. The second-order valence-corrected chi connectivity index (χ2v) is 4.55. The topological polar surface area (TPSA) is 59.4 Å². The molecule has 1 aliphatic carbocycles. The van der Waals surface area contributed by atoms with Crippen molar-refractivity contribution >= 4 is 11.0 Å². The van der Waals surface area contributed by atoms with E-state index < -0.39 is 5.60 Å². The Balaban J connectivity index is 2.10. The van der Waals surface area contributed by atoms with Gasteiger partial charge in [0.2, 0.25) is 0 Å². The summed E-state index contributed by atoms with van der Waals surface area (Å²) in [5.74, 6) is 0.872. The van der Waals surface area contributed by atoms with Crippen LogP contribution in [0.15, 0.2) is 34.7 Å². The molecule has 0 amide bonds. The number of nitrogens with two attached hydrogens (primary N) is 1. The number of rotatable bonds is 3. The molecule has 3 nitrogen and oxygen atoms in total. The van der Waals surface area contributed by atoms with Crippen molar-refractivity contribution in [3.05, 3.63) is 36.1 Å². The van der Waals surface area contributed by atoms with E-state index in [4.69, 9.17) is 10.2 Å². The maximum atomic E-state index is 10.5. The summed E-state index contributed by atoms with van der Waals surface area (Å²) >= 11 is 0. The fourth-order valence-electron chi connectivity index (χ4n) is 2.22. The molecule has 1 unspecified atom stereocenters. The highest BCUT2D eigenvalue weighted by molar-refractivity contribution is 5.77. The molecule has 0 bridgehead atoms. The molecule has 1 aromatic heterocycles. The SMILES string of the molecule is NCC(O)(c1cc2ccccc2o1)C1CC1. The van der Waals surface area contributed by atoms with E-state index >= 15 is 0 Å². The van der Waals surface area contributed by atoms with Crippen molar-refractivity contribution in [2.75, 3.05) is 6.54 Å². The molecular formula is C13H15NO2. The first kappa shape index (κ1) is 9.87. The van der Waals surface area contributed by atoms with Crippen LogP contribution in [0.3, 0.4) is 0 Å². The lowest BCUT2D eigenvalue weighted by molar-refractivity contribution is 0.00254. The van der Waals surface area contributed by atoms with Crippen LogP contribution in [-0.4, -0.2) is 11.7 Å². The molecule has 3 heteroatoms. The van der Waals surface area contributed by atoms with Gasteiger partial charge in [-0.3, -0.25) is 0 Å². The van der Waals surface area contributed by atoms with Crippen LogP contribution >= 0.6 is 0 Å². The van der Waals surface area contributed by atoms with Gasteiger partial charge in [0.1, 0.15) is 16.9 Å². The highest BCUT2D eigenvalue weighted by Gasteiger charge is 2.46. The molecule has 1 saturated carbocycles. The smallest absolute Gasteiger partial charge is 0.138 e. The van der Waals surface area contributed by atoms with Crippen molar-refractivity contribution in [3.63, 3.8) is 0 Å². The van der Waals surface area contributed by atoms with E-state index in [1.807, 2.05) is 30.3 Å². The fourth-order valence-corrected chi connectivity index (χ4v) is 2.22. The molecule has 0 saturated heterocycles. The van der Waals surface area contributed by atoms with Crippen molar-refractivity contribution in [3.8, 4) is 0 Å². The lowest BCUT2D eigenvalue weighted by Gasteiger charge is -2.23. The summed E-state index contributed by atoms with van der Waals surface area (Å²) in [5.41, 5.74) is 5.53. The van der Waals surface area contributed by atoms with Gasteiger partial charge in [0, 0.05) is 11.9 Å². The average Bonchev–Trinajstić information content (AvgIpc) is 3.07. The Bertz CT molecular complexity index is 482. The van der Waals surface area contributed by atoms with Crippen molar-refractivity contribution < 1.29 is 9.52 Å². The first-order chi connectivity index (χ1) is 7.74. The Hall–Kier alpha value is -1.32. The molecular weight excluding hydrogens is 202 g/mol. The number of benzene rings is 1. The third-order valence-electron chi connectivity index (χ3n) is 3.42. The van der Waals surface area contributed by atoms with E-state index in [9.17, 15) is 5.11 Å². The zero-order valence-electron chi connectivity index (χ0n) is 9.02. The van der Waals surface area contributed by atoms with Gasteiger partial charge in [0.15, 0.2) is 0 Å². The molecule has 3 N–H and O–H groups in total. The molecule has 16 heavy (non-hydrogen) atoms. The largest absolute Gasteiger partial charge is 0.458 e. The average molecular weight is 217 g/mol. The molecule has 84 valence electrons. The van der Waals surface area contributed by atoms with Crippen molar-refractivity contribution in [2.24, 2.45) is 11.7 Å². The van der Waals surface area contributed by atoms with E-state index in [1.165, 1.54) is 0 Å². The van der Waals surface area contributed by atoms with E-state index in [1.54, 1.807) is 0 Å². The van der Waals surface area contributed by atoms with Gasteiger partial charge in [-0.15, -0.1) is 0 Å². The number of aliphatic hydroxyl groups is 1. The van der Waals surface area contributed by atoms with Crippen LogP contribution in [0.1, 0.15) is 18.6 Å². The minimum atomic E-state index is -0.973. The van der Waals surface area contributed by atoms with Gasteiger partial charge >= 0.3 is 0 Å². The molecule has 3 rings (SSSR count). The highest BCUT2D eigenvalue weighted by Crippen LogP contribution is 2.46. The molecule has 1 heterocycles. The third-order valence-corrected chi connectivity index (χ3v) is 3.42. The van der Waals surface area contributed by atoms with Gasteiger partial charge in [0.05, 0.1) is 0 Å². The predicted molar refractivity (Wildman–Crippen MR) is 61.9 cm³/mol. The van der Waals surface area contributed by atoms with Crippen LogP contribution in [-0.2, 0) is 5.60 Å². The van der Waals surface area contributed by atoms with Gasteiger partial charge in [-0.25, -0.2) is 0 Å². The molecule has 1 aliphatic rings. The summed E-state index contributed by atoms with van der Waals surface area (Å²) < 4.78 is 5.70. The molecule has 0 aliphatic heterocycles. The van der Waals surface area contributed by atoms with Crippen LogP contribution in [0, 0.1) is 5.92 Å². The molecule has 2 aromatic rings.